The number of rotatable bonds is 3. The van der Waals surface area contributed by atoms with E-state index in [1.807, 2.05) is 0 Å². The molecular formula is C37H26N2. The van der Waals surface area contributed by atoms with E-state index in [0.717, 1.165) is 0 Å². The minimum atomic E-state index is 1.17. The highest BCUT2D eigenvalue weighted by molar-refractivity contribution is 6.12. The second kappa shape index (κ2) is 8.47. The molecular weight excluding hydrogens is 472 g/mol. The summed E-state index contributed by atoms with van der Waals surface area (Å²) in [7, 11) is 0. The molecule has 0 atom stereocenters. The van der Waals surface area contributed by atoms with E-state index in [1.165, 1.54) is 71.7 Å². The molecule has 0 saturated carbocycles. The summed E-state index contributed by atoms with van der Waals surface area (Å²) in [4.78, 5) is 0. The lowest BCUT2D eigenvalue weighted by Crippen LogP contribution is -1.97. The minimum Gasteiger partial charge on any atom is -0.309 e. The highest BCUT2D eigenvalue weighted by atomic mass is 15.0. The van der Waals surface area contributed by atoms with Crippen LogP contribution in [0.1, 0.15) is 5.56 Å². The first kappa shape index (κ1) is 22.0. The number of aromatic nitrogens is 2. The summed E-state index contributed by atoms with van der Waals surface area (Å²) in [6.45, 7) is 2.15. The van der Waals surface area contributed by atoms with Gasteiger partial charge in [-0.25, -0.2) is 0 Å². The molecule has 184 valence electrons. The van der Waals surface area contributed by atoms with Gasteiger partial charge in [0.2, 0.25) is 0 Å². The molecule has 0 radical (unpaired) electrons. The Kier molecular flexibility index (Phi) is 4.77. The van der Waals surface area contributed by atoms with Gasteiger partial charge in [-0.3, -0.25) is 0 Å². The summed E-state index contributed by atoms with van der Waals surface area (Å²) in [6, 6.07) is 50.7. The molecule has 2 heterocycles. The Balaban J connectivity index is 1.42. The van der Waals surface area contributed by atoms with Crippen LogP contribution in [0.25, 0.3) is 66.1 Å². The van der Waals surface area contributed by atoms with Gasteiger partial charge in [0.1, 0.15) is 0 Å². The largest absolute Gasteiger partial charge is 0.309 e. The van der Waals surface area contributed by atoms with Crippen molar-refractivity contribution in [3.05, 3.63) is 145 Å². The monoisotopic (exact) mass is 498 g/mol. The van der Waals surface area contributed by atoms with Crippen LogP contribution in [-0.2, 0) is 0 Å². The van der Waals surface area contributed by atoms with Crippen molar-refractivity contribution in [2.24, 2.45) is 0 Å². The van der Waals surface area contributed by atoms with Crippen molar-refractivity contribution in [2.75, 3.05) is 0 Å². The van der Waals surface area contributed by atoms with Crippen molar-refractivity contribution in [3.63, 3.8) is 0 Å². The van der Waals surface area contributed by atoms with Crippen molar-refractivity contribution < 1.29 is 0 Å². The Morgan fingerprint density at radius 3 is 1.46 bits per heavy atom. The van der Waals surface area contributed by atoms with Gasteiger partial charge in [-0.05, 0) is 60.5 Å². The Morgan fingerprint density at radius 2 is 0.846 bits per heavy atom. The predicted octanol–water partition coefficient (Wildman–Crippen LogP) is 9.86. The summed E-state index contributed by atoms with van der Waals surface area (Å²) in [5, 5.41) is 5.08. The van der Waals surface area contributed by atoms with Gasteiger partial charge >= 0.3 is 0 Å². The van der Waals surface area contributed by atoms with E-state index in [9.17, 15) is 0 Å². The normalized spacial score (nSPS) is 11.7. The highest BCUT2D eigenvalue weighted by Gasteiger charge is 2.16. The molecule has 0 aliphatic carbocycles. The summed E-state index contributed by atoms with van der Waals surface area (Å²) in [6.07, 6.45) is 0. The summed E-state index contributed by atoms with van der Waals surface area (Å²) < 4.78 is 4.82. The highest BCUT2D eigenvalue weighted by Crippen LogP contribution is 2.37. The van der Waals surface area contributed by atoms with E-state index in [-0.39, 0.29) is 0 Å². The van der Waals surface area contributed by atoms with Crippen LogP contribution in [0.5, 0.6) is 0 Å². The van der Waals surface area contributed by atoms with Crippen molar-refractivity contribution >= 4 is 43.6 Å². The van der Waals surface area contributed by atoms with Gasteiger partial charge in [0, 0.05) is 32.9 Å². The zero-order chi connectivity index (χ0) is 25.9. The van der Waals surface area contributed by atoms with E-state index < -0.39 is 0 Å². The molecule has 2 nitrogen and oxygen atoms in total. The Labute approximate surface area is 227 Å². The number of fused-ring (bicyclic) bond motifs is 6. The van der Waals surface area contributed by atoms with Crippen LogP contribution in [0.15, 0.2) is 140 Å². The van der Waals surface area contributed by atoms with Crippen LogP contribution in [0.4, 0.5) is 0 Å². The molecule has 0 spiro atoms. The van der Waals surface area contributed by atoms with E-state index >= 15 is 0 Å². The van der Waals surface area contributed by atoms with Gasteiger partial charge in [-0.2, -0.15) is 0 Å². The third kappa shape index (κ3) is 3.35. The molecule has 0 amide bonds. The molecule has 8 rings (SSSR count). The quantitative estimate of drug-likeness (QED) is 0.229. The number of aryl methyl sites for hydroxylation is 1. The van der Waals surface area contributed by atoms with Gasteiger partial charge in [0.05, 0.1) is 22.1 Å². The lowest BCUT2D eigenvalue weighted by atomic mass is 10.0. The van der Waals surface area contributed by atoms with Crippen molar-refractivity contribution in [1.29, 1.82) is 0 Å². The van der Waals surface area contributed by atoms with Crippen LogP contribution in [0, 0.1) is 6.92 Å². The van der Waals surface area contributed by atoms with Gasteiger partial charge in [0.15, 0.2) is 0 Å². The minimum absolute atomic E-state index is 1.17. The average molecular weight is 499 g/mol. The average Bonchev–Trinajstić information content (AvgIpc) is 3.50. The molecule has 0 unspecified atom stereocenters. The smallest absolute Gasteiger partial charge is 0.0561 e. The number of hydrogen-bond acceptors (Lipinski definition) is 0. The van der Waals surface area contributed by atoms with Crippen molar-refractivity contribution in [1.82, 2.24) is 9.13 Å². The summed E-state index contributed by atoms with van der Waals surface area (Å²) in [5.74, 6) is 0. The summed E-state index contributed by atoms with van der Waals surface area (Å²) in [5.41, 5.74) is 10.9. The first-order chi connectivity index (χ1) is 19.3. The van der Waals surface area contributed by atoms with E-state index in [4.69, 9.17) is 0 Å². The fraction of sp³-hybridized carbons (Fsp3) is 0.0270. The standard InChI is InChI=1S/C37H26N2/c1-25-10-8-11-26(22-25)27-12-9-13-28(23-27)39-36-19-7-4-16-32(36)33-21-20-29(24-37(33)39)38-34-17-5-2-14-30(34)31-15-3-6-18-35(31)38/h2-24H,1H3. The lowest BCUT2D eigenvalue weighted by Gasteiger charge is -2.12. The fourth-order valence-corrected chi connectivity index (χ4v) is 6.23. The van der Waals surface area contributed by atoms with Crippen LogP contribution in [0.2, 0.25) is 0 Å². The number of para-hydroxylation sites is 3. The molecule has 0 bridgehead atoms. The second-order valence-electron chi connectivity index (χ2n) is 10.3. The first-order valence-electron chi connectivity index (χ1n) is 13.5. The van der Waals surface area contributed by atoms with Gasteiger partial charge in [-0.15, -0.1) is 0 Å². The molecule has 0 N–H and O–H groups in total. The molecule has 39 heavy (non-hydrogen) atoms. The topological polar surface area (TPSA) is 9.86 Å². The van der Waals surface area contributed by atoms with Crippen LogP contribution in [-0.4, -0.2) is 9.13 Å². The molecule has 2 aromatic heterocycles. The fourth-order valence-electron chi connectivity index (χ4n) is 6.23. The third-order valence-corrected chi connectivity index (χ3v) is 7.95. The first-order valence-corrected chi connectivity index (χ1v) is 13.5. The molecule has 8 aromatic rings. The molecule has 0 aliphatic heterocycles. The van der Waals surface area contributed by atoms with E-state index in [2.05, 4.69) is 156 Å². The van der Waals surface area contributed by atoms with E-state index in [1.54, 1.807) is 0 Å². The van der Waals surface area contributed by atoms with Crippen LogP contribution < -0.4 is 0 Å². The molecule has 0 saturated heterocycles. The zero-order valence-electron chi connectivity index (χ0n) is 21.7. The SMILES string of the molecule is Cc1cccc(-c2cccc(-n3c4ccccc4c4ccc(-n5c6ccccc6c6ccccc65)cc43)c2)c1. The Bertz CT molecular complexity index is 2140. The number of hydrogen-bond donors (Lipinski definition) is 0. The Morgan fingerprint density at radius 1 is 0.359 bits per heavy atom. The maximum absolute atomic E-state index is 2.42. The maximum atomic E-state index is 2.42. The van der Waals surface area contributed by atoms with Crippen LogP contribution >= 0.6 is 0 Å². The van der Waals surface area contributed by atoms with E-state index in [0.29, 0.717) is 0 Å². The maximum Gasteiger partial charge on any atom is 0.0561 e. The number of nitrogens with zero attached hydrogens (tertiary/aromatic N) is 2. The van der Waals surface area contributed by atoms with Crippen molar-refractivity contribution in [3.8, 4) is 22.5 Å². The lowest BCUT2D eigenvalue weighted by molar-refractivity contribution is 1.15. The summed E-state index contributed by atoms with van der Waals surface area (Å²) >= 11 is 0. The van der Waals surface area contributed by atoms with Crippen LogP contribution in [0.3, 0.4) is 0 Å². The third-order valence-electron chi connectivity index (χ3n) is 7.95. The molecule has 6 aromatic carbocycles. The molecule has 0 fully saturated rings. The molecule has 2 heteroatoms. The second-order valence-corrected chi connectivity index (χ2v) is 10.3. The Hall–Kier alpha value is -5.08. The predicted molar refractivity (Wildman–Crippen MR) is 165 cm³/mol. The molecule has 0 aliphatic rings. The van der Waals surface area contributed by atoms with Gasteiger partial charge in [0.25, 0.3) is 0 Å². The number of benzene rings is 6. The van der Waals surface area contributed by atoms with Gasteiger partial charge < -0.3 is 9.13 Å². The zero-order valence-corrected chi connectivity index (χ0v) is 21.7. The van der Waals surface area contributed by atoms with Crippen molar-refractivity contribution in [2.45, 2.75) is 6.92 Å². The van der Waals surface area contributed by atoms with Gasteiger partial charge in [-0.1, -0.05) is 103 Å².